The number of ether oxygens (including phenoxy) is 3. The van der Waals surface area contributed by atoms with Crippen LogP contribution in [-0.2, 0) is 16.1 Å². The molecule has 0 aliphatic carbocycles. The van der Waals surface area contributed by atoms with Gasteiger partial charge in [0.1, 0.15) is 11.3 Å². The first-order chi connectivity index (χ1) is 13.6. The van der Waals surface area contributed by atoms with Gasteiger partial charge in [0.2, 0.25) is 6.79 Å². The van der Waals surface area contributed by atoms with Crippen LogP contribution in [-0.4, -0.2) is 30.4 Å². The Morgan fingerprint density at radius 3 is 2.75 bits per heavy atom. The first-order valence-corrected chi connectivity index (χ1v) is 8.65. The fraction of sp³-hybridized carbons (Fsp3) is 0.143. The molecule has 1 heterocycles. The SMILES string of the molecule is O=C(COC(=O)c1ccc2ccccc2c1O)NCc1ccc2c(c1)OCO2. The lowest BCUT2D eigenvalue weighted by Gasteiger charge is -2.09. The normalized spacial score (nSPS) is 12.0. The summed E-state index contributed by atoms with van der Waals surface area (Å²) in [5.74, 6) is -0.0826. The Kier molecular flexibility index (Phi) is 4.72. The van der Waals surface area contributed by atoms with Gasteiger partial charge in [0.05, 0.1) is 0 Å². The third-order valence-corrected chi connectivity index (χ3v) is 4.38. The predicted octanol–water partition coefficient (Wildman–Crippen LogP) is 2.75. The van der Waals surface area contributed by atoms with E-state index in [1.54, 1.807) is 30.3 Å². The smallest absolute Gasteiger partial charge is 0.342 e. The molecule has 1 amide bonds. The van der Waals surface area contributed by atoms with Gasteiger partial charge in [-0.15, -0.1) is 0 Å². The average molecular weight is 379 g/mol. The highest BCUT2D eigenvalue weighted by molar-refractivity contribution is 6.01. The third-order valence-electron chi connectivity index (χ3n) is 4.38. The zero-order valence-electron chi connectivity index (χ0n) is 14.8. The average Bonchev–Trinajstić information content (AvgIpc) is 3.19. The van der Waals surface area contributed by atoms with Gasteiger partial charge in [0.15, 0.2) is 18.1 Å². The molecule has 142 valence electrons. The van der Waals surface area contributed by atoms with Gasteiger partial charge in [0, 0.05) is 11.9 Å². The number of amides is 1. The van der Waals surface area contributed by atoms with E-state index in [0.717, 1.165) is 10.9 Å². The van der Waals surface area contributed by atoms with Gasteiger partial charge in [-0.05, 0) is 29.1 Å². The molecule has 0 bridgehead atoms. The maximum Gasteiger partial charge on any atom is 0.342 e. The largest absolute Gasteiger partial charge is 0.506 e. The summed E-state index contributed by atoms with van der Waals surface area (Å²) in [7, 11) is 0. The van der Waals surface area contributed by atoms with E-state index >= 15 is 0 Å². The zero-order chi connectivity index (χ0) is 19.5. The molecule has 3 aromatic rings. The monoisotopic (exact) mass is 379 g/mol. The van der Waals surface area contributed by atoms with E-state index in [1.165, 1.54) is 6.07 Å². The maximum atomic E-state index is 12.2. The number of hydrogen-bond acceptors (Lipinski definition) is 6. The Morgan fingerprint density at radius 1 is 1.04 bits per heavy atom. The van der Waals surface area contributed by atoms with E-state index in [0.29, 0.717) is 16.9 Å². The number of aromatic hydroxyl groups is 1. The van der Waals surface area contributed by atoms with Crippen molar-refractivity contribution in [3.63, 3.8) is 0 Å². The van der Waals surface area contributed by atoms with E-state index in [4.69, 9.17) is 14.2 Å². The standard InChI is InChI=1S/C21H17NO6/c23-19(22-10-13-5-8-17-18(9-13)28-12-27-17)11-26-21(25)16-7-6-14-3-1-2-4-15(14)20(16)24/h1-9,24H,10-12H2,(H,22,23). The molecule has 1 aliphatic rings. The van der Waals surface area contributed by atoms with Gasteiger partial charge < -0.3 is 24.6 Å². The number of rotatable bonds is 5. The summed E-state index contributed by atoms with van der Waals surface area (Å²) >= 11 is 0. The molecule has 2 N–H and O–H groups in total. The lowest BCUT2D eigenvalue weighted by Crippen LogP contribution is -2.28. The summed E-state index contributed by atoms with van der Waals surface area (Å²) in [5.41, 5.74) is 0.846. The van der Waals surface area contributed by atoms with Gasteiger partial charge in [-0.2, -0.15) is 0 Å². The van der Waals surface area contributed by atoms with E-state index < -0.39 is 18.5 Å². The van der Waals surface area contributed by atoms with Crippen molar-refractivity contribution in [3.8, 4) is 17.2 Å². The second-order valence-electron chi connectivity index (χ2n) is 6.22. The fourth-order valence-electron chi connectivity index (χ4n) is 2.93. The highest BCUT2D eigenvalue weighted by Gasteiger charge is 2.17. The first-order valence-electron chi connectivity index (χ1n) is 8.65. The molecule has 3 aromatic carbocycles. The van der Waals surface area contributed by atoms with E-state index in [-0.39, 0.29) is 24.7 Å². The molecule has 28 heavy (non-hydrogen) atoms. The van der Waals surface area contributed by atoms with E-state index in [1.807, 2.05) is 18.2 Å². The summed E-state index contributed by atoms with van der Waals surface area (Å²) in [6.45, 7) is -0.00733. The van der Waals surface area contributed by atoms with Gasteiger partial charge >= 0.3 is 5.97 Å². The van der Waals surface area contributed by atoms with Crippen LogP contribution >= 0.6 is 0 Å². The Labute approximate surface area is 160 Å². The van der Waals surface area contributed by atoms with Crippen molar-refractivity contribution in [2.24, 2.45) is 0 Å². The number of fused-ring (bicyclic) bond motifs is 2. The van der Waals surface area contributed by atoms with Crippen LogP contribution in [0.15, 0.2) is 54.6 Å². The van der Waals surface area contributed by atoms with E-state index in [2.05, 4.69) is 5.32 Å². The minimum Gasteiger partial charge on any atom is -0.506 e. The molecule has 1 aliphatic heterocycles. The van der Waals surface area contributed by atoms with Crippen LogP contribution in [0, 0.1) is 0 Å². The lowest BCUT2D eigenvalue weighted by atomic mass is 10.1. The summed E-state index contributed by atoms with van der Waals surface area (Å²) in [4.78, 5) is 24.2. The number of carbonyl (C=O) groups is 2. The molecule has 0 unspecified atom stereocenters. The molecular weight excluding hydrogens is 362 g/mol. The quantitative estimate of drug-likeness (QED) is 0.662. The molecule has 4 rings (SSSR count). The number of hydrogen-bond donors (Lipinski definition) is 2. The topological polar surface area (TPSA) is 94.1 Å². The second kappa shape index (κ2) is 7.48. The van der Waals surface area contributed by atoms with Crippen LogP contribution in [0.5, 0.6) is 17.2 Å². The fourth-order valence-corrected chi connectivity index (χ4v) is 2.93. The minimum absolute atomic E-state index is 0.0160. The van der Waals surface area contributed by atoms with Gasteiger partial charge in [-0.1, -0.05) is 36.4 Å². The molecule has 0 fully saturated rings. The number of benzene rings is 3. The molecule has 7 nitrogen and oxygen atoms in total. The van der Waals surface area contributed by atoms with Crippen molar-refractivity contribution in [3.05, 3.63) is 65.7 Å². The van der Waals surface area contributed by atoms with Crippen molar-refractivity contribution < 1.29 is 28.9 Å². The minimum atomic E-state index is -0.763. The van der Waals surface area contributed by atoms with Crippen molar-refractivity contribution in [2.45, 2.75) is 6.54 Å². The summed E-state index contributed by atoms with van der Waals surface area (Å²) in [6.07, 6.45) is 0. The number of phenolic OH excluding ortho intramolecular Hbond substituents is 1. The molecular formula is C21H17NO6. The van der Waals surface area contributed by atoms with Crippen LogP contribution in [0.2, 0.25) is 0 Å². The van der Waals surface area contributed by atoms with Crippen molar-refractivity contribution >= 4 is 22.6 Å². The first kappa shape index (κ1) is 17.7. The molecule has 7 heteroatoms. The Bertz CT molecular complexity index is 1060. The highest BCUT2D eigenvalue weighted by Crippen LogP contribution is 2.32. The van der Waals surface area contributed by atoms with E-state index in [9.17, 15) is 14.7 Å². The van der Waals surface area contributed by atoms with Crippen LogP contribution < -0.4 is 14.8 Å². The molecule has 0 atom stereocenters. The molecule has 0 aromatic heterocycles. The summed E-state index contributed by atoms with van der Waals surface area (Å²) in [5, 5.41) is 14.3. The number of carbonyl (C=O) groups excluding carboxylic acids is 2. The Balaban J connectivity index is 1.33. The molecule has 0 spiro atoms. The van der Waals surface area contributed by atoms with Crippen LogP contribution in [0.1, 0.15) is 15.9 Å². The third kappa shape index (κ3) is 3.55. The predicted molar refractivity (Wildman–Crippen MR) is 100 cm³/mol. The van der Waals surface area contributed by atoms with Crippen molar-refractivity contribution in [2.75, 3.05) is 13.4 Å². The van der Waals surface area contributed by atoms with Crippen molar-refractivity contribution in [1.82, 2.24) is 5.32 Å². The van der Waals surface area contributed by atoms with Crippen LogP contribution in [0.4, 0.5) is 0 Å². The molecule has 0 radical (unpaired) electrons. The lowest BCUT2D eigenvalue weighted by molar-refractivity contribution is -0.124. The summed E-state index contributed by atoms with van der Waals surface area (Å²) < 4.78 is 15.5. The number of esters is 1. The van der Waals surface area contributed by atoms with Crippen molar-refractivity contribution in [1.29, 1.82) is 0 Å². The molecule has 0 saturated heterocycles. The zero-order valence-corrected chi connectivity index (χ0v) is 14.8. The number of nitrogens with one attached hydrogen (secondary N) is 1. The molecule has 0 saturated carbocycles. The van der Waals surface area contributed by atoms with Crippen LogP contribution in [0.3, 0.4) is 0 Å². The summed E-state index contributed by atoms with van der Waals surface area (Å²) in [6, 6.07) is 15.7. The number of phenols is 1. The van der Waals surface area contributed by atoms with Gasteiger partial charge in [-0.25, -0.2) is 4.79 Å². The highest BCUT2D eigenvalue weighted by atomic mass is 16.7. The Hall–Kier alpha value is -3.74. The Morgan fingerprint density at radius 2 is 1.86 bits per heavy atom. The maximum absolute atomic E-state index is 12.2. The second-order valence-corrected chi connectivity index (χ2v) is 6.22. The van der Waals surface area contributed by atoms with Crippen LogP contribution in [0.25, 0.3) is 10.8 Å². The van der Waals surface area contributed by atoms with Gasteiger partial charge in [0.25, 0.3) is 5.91 Å². The van der Waals surface area contributed by atoms with Gasteiger partial charge in [-0.3, -0.25) is 4.79 Å².